The molecule has 0 atom stereocenters. The lowest BCUT2D eigenvalue weighted by atomic mass is 10.1. The van der Waals surface area contributed by atoms with Crippen LogP contribution in [0.3, 0.4) is 0 Å². The van der Waals surface area contributed by atoms with Gasteiger partial charge in [0, 0.05) is 16.6 Å². The Morgan fingerprint density at radius 3 is 2.63 bits per heavy atom. The number of imide groups is 1. The van der Waals surface area contributed by atoms with Gasteiger partial charge in [-0.15, -0.1) is 0 Å². The molecule has 0 aliphatic rings. The third-order valence-corrected chi connectivity index (χ3v) is 4.87. The van der Waals surface area contributed by atoms with E-state index in [-0.39, 0.29) is 11.3 Å². The number of nitrogens with one attached hydrogen (secondary N) is 2. The molecule has 0 bridgehead atoms. The minimum atomic E-state index is -0.546. The zero-order valence-electron chi connectivity index (χ0n) is 15.8. The van der Waals surface area contributed by atoms with Crippen molar-refractivity contribution < 1.29 is 9.59 Å². The van der Waals surface area contributed by atoms with E-state index in [1.807, 2.05) is 33.8 Å². The first-order valence-corrected chi connectivity index (χ1v) is 10.3. The number of nitrogens with zero attached hydrogens (tertiary/aromatic N) is 2. The normalized spacial score (nSPS) is 11.4. The zero-order valence-corrected chi connectivity index (χ0v) is 18.2. The van der Waals surface area contributed by atoms with Gasteiger partial charge in [0.1, 0.15) is 0 Å². The van der Waals surface area contributed by atoms with E-state index in [9.17, 15) is 14.4 Å². The van der Waals surface area contributed by atoms with Gasteiger partial charge in [-0.05, 0) is 45.4 Å². The second kappa shape index (κ2) is 8.88. The van der Waals surface area contributed by atoms with Crippen LogP contribution in [0.4, 0.5) is 4.79 Å². The van der Waals surface area contributed by atoms with Crippen molar-refractivity contribution in [2.45, 2.75) is 51.4 Å². The van der Waals surface area contributed by atoms with Crippen molar-refractivity contribution in [3.63, 3.8) is 0 Å². The fraction of sp³-hybridized carbons (Fsp3) is 0.444. The number of benzene rings is 1. The summed E-state index contributed by atoms with van der Waals surface area (Å²) >= 11 is 4.51. The van der Waals surface area contributed by atoms with Crippen molar-refractivity contribution in [3.05, 3.63) is 33.0 Å². The molecule has 2 N–H and O–H groups in total. The molecule has 0 aliphatic heterocycles. The Hall–Kier alpha value is -1.87. The number of hydrogen-bond donors (Lipinski definition) is 2. The van der Waals surface area contributed by atoms with Gasteiger partial charge < -0.3 is 5.32 Å². The molecule has 1 aromatic carbocycles. The van der Waals surface area contributed by atoms with E-state index in [2.05, 4.69) is 31.5 Å². The van der Waals surface area contributed by atoms with Crippen molar-refractivity contribution >= 4 is 50.5 Å². The van der Waals surface area contributed by atoms with Crippen LogP contribution in [0.15, 0.2) is 32.6 Å². The molecule has 3 amide bonds. The van der Waals surface area contributed by atoms with E-state index < -0.39 is 17.5 Å². The molecule has 0 spiro atoms. The van der Waals surface area contributed by atoms with Crippen LogP contribution in [0.5, 0.6) is 0 Å². The Labute approximate surface area is 170 Å². The first kappa shape index (κ1) is 21.4. The lowest BCUT2D eigenvalue weighted by molar-refractivity contribution is -0.117. The van der Waals surface area contributed by atoms with Crippen LogP contribution in [0, 0.1) is 0 Å². The molecule has 2 aromatic rings. The van der Waals surface area contributed by atoms with Gasteiger partial charge in [-0.25, -0.2) is 9.78 Å². The highest BCUT2D eigenvalue weighted by Gasteiger charge is 2.17. The lowest BCUT2D eigenvalue weighted by Gasteiger charge is -2.20. The topological polar surface area (TPSA) is 93.1 Å². The number of hydrogen-bond acceptors (Lipinski definition) is 5. The Bertz CT molecular complexity index is 921. The first-order chi connectivity index (χ1) is 12.6. The average Bonchev–Trinajstić information content (AvgIpc) is 2.54. The van der Waals surface area contributed by atoms with Crippen LogP contribution < -0.4 is 16.2 Å². The van der Waals surface area contributed by atoms with Crippen molar-refractivity contribution in [1.82, 2.24) is 20.2 Å². The summed E-state index contributed by atoms with van der Waals surface area (Å²) in [7, 11) is 0. The summed E-state index contributed by atoms with van der Waals surface area (Å²) in [5.41, 5.74) is -0.00622. The molecule has 27 heavy (non-hydrogen) atoms. The standard InChI is InChI=1S/C18H23BrN4O3S/c1-5-8-23-15(25)12-9-11(19)6-7-13(12)20-17(23)27-10-14(24)21-16(26)22-18(2,3)4/h6-7,9H,5,8,10H2,1-4H3,(H2,21,22,24,26). The molecular weight excluding hydrogens is 432 g/mol. The zero-order chi connectivity index (χ0) is 20.2. The predicted octanol–water partition coefficient (Wildman–Crippen LogP) is 3.29. The SMILES string of the molecule is CCCn1c(SCC(=O)NC(=O)NC(C)(C)C)nc2ccc(Br)cc2c1=O. The summed E-state index contributed by atoms with van der Waals surface area (Å²) < 4.78 is 2.38. The molecule has 0 saturated carbocycles. The quantitative estimate of drug-likeness (QED) is 0.533. The molecule has 1 heterocycles. The van der Waals surface area contributed by atoms with Crippen LogP contribution in [-0.2, 0) is 11.3 Å². The maximum Gasteiger partial charge on any atom is 0.321 e. The highest BCUT2D eigenvalue weighted by Crippen LogP contribution is 2.20. The molecule has 0 saturated heterocycles. The third-order valence-electron chi connectivity index (χ3n) is 3.40. The number of carbonyl (C=O) groups is 2. The fourth-order valence-corrected chi connectivity index (χ4v) is 3.55. The van der Waals surface area contributed by atoms with Gasteiger partial charge in [0.15, 0.2) is 5.16 Å². The maximum atomic E-state index is 12.8. The largest absolute Gasteiger partial charge is 0.333 e. The minimum absolute atomic E-state index is 0.0181. The molecule has 0 fully saturated rings. The van der Waals surface area contributed by atoms with Crippen LogP contribution in [0.25, 0.3) is 10.9 Å². The van der Waals surface area contributed by atoms with E-state index >= 15 is 0 Å². The van der Waals surface area contributed by atoms with Crippen molar-refractivity contribution in [3.8, 4) is 0 Å². The molecule has 0 unspecified atom stereocenters. The Kier molecular flexibility index (Phi) is 7.05. The summed E-state index contributed by atoms with van der Waals surface area (Å²) in [5.74, 6) is -0.467. The summed E-state index contributed by atoms with van der Waals surface area (Å²) in [4.78, 5) is 41.2. The number of aromatic nitrogens is 2. The molecule has 7 nitrogen and oxygen atoms in total. The van der Waals surface area contributed by atoms with Crippen LogP contribution >= 0.6 is 27.7 Å². The van der Waals surface area contributed by atoms with Crippen LogP contribution in [-0.4, -0.2) is 32.8 Å². The van der Waals surface area contributed by atoms with Crippen molar-refractivity contribution in [1.29, 1.82) is 0 Å². The second-order valence-corrected chi connectivity index (χ2v) is 8.91. The molecule has 2 rings (SSSR count). The molecule has 0 radical (unpaired) electrons. The van der Waals surface area contributed by atoms with Crippen LogP contribution in [0.2, 0.25) is 0 Å². The van der Waals surface area contributed by atoms with Gasteiger partial charge in [-0.1, -0.05) is 34.6 Å². The molecule has 146 valence electrons. The predicted molar refractivity (Wildman–Crippen MR) is 111 cm³/mol. The number of amides is 3. The smallest absolute Gasteiger partial charge is 0.321 e. The van der Waals surface area contributed by atoms with E-state index in [1.165, 1.54) is 0 Å². The summed E-state index contributed by atoms with van der Waals surface area (Å²) in [6.45, 7) is 7.95. The van der Waals surface area contributed by atoms with Crippen LogP contribution in [0.1, 0.15) is 34.1 Å². The second-order valence-electron chi connectivity index (χ2n) is 7.05. The van der Waals surface area contributed by atoms with Crippen molar-refractivity contribution in [2.24, 2.45) is 0 Å². The number of carbonyl (C=O) groups excluding carboxylic acids is 2. The molecule has 0 aliphatic carbocycles. The van der Waals surface area contributed by atoms with Gasteiger partial charge in [0.05, 0.1) is 16.7 Å². The van der Waals surface area contributed by atoms with Gasteiger partial charge in [0.25, 0.3) is 5.56 Å². The van der Waals surface area contributed by atoms with E-state index in [4.69, 9.17) is 0 Å². The van der Waals surface area contributed by atoms with Gasteiger partial charge >= 0.3 is 6.03 Å². The third kappa shape index (κ3) is 6.07. The molecule has 9 heteroatoms. The minimum Gasteiger partial charge on any atom is -0.333 e. The molecule has 1 aromatic heterocycles. The Morgan fingerprint density at radius 2 is 2.00 bits per heavy atom. The maximum absolute atomic E-state index is 12.8. The fourth-order valence-electron chi connectivity index (χ4n) is 2.37. The van der Waals surface area contributed by atoms with E-state index in [0.717, 1.165) is 22.7 Å². The molecular formula is C18H23BrN4O3S. The Morgan fingerprint density at radius 1 is 1.30 bits per heavy atom. The van der Waals surface area contributed by atoms with Gasteiger partial charge in [-0.2, -0.15) is 0 Å². The summed E-state index contributed by atoms with van der Waals surface area (Å²) in [5, 5.41) is 5.93. The summed E-state index contributed by atoms with van der Waals surface area (Å²) in [6.07, 6.45) is 0.759. The number of thioether (sulfide) groups is 1. The number of rotatable bonds is 5. The summed E-state index contributed by atoms with van der Waals surface area (Å²) in [6, 6.07) is 4.78. The van der Waals surface area contributed by atoms with E-state index in [1.54, 1.807) is 16.7 Å². The lowest BCUT2D eigenvalue weighted by Crippen LogP contribution is -2.48. The Balaban J connectivity index is 2.19. The van der Waals surface area contributed by atoms with E-state index in [0.29, 0.717) is 22.6 Å². The van der Waals surface area contributed by atoms with Gasteiger partial charge in [-0.3, -0.25) is 19.5 Å². The average molecular weight is 455 g/mol. The number of fused-ring (bicyclic) bond motifs is 1. The monoisotopic (exact) mass is 454 g/mol. The first-order valence-electron chi connectivity index (χ1n) is 8.55. The van der Waals surface area contributed by atoms with Crippen molar-refractivity contribution in [2.75, 3.05) is 5.75 Å². The highest BCUT2D eigenvalue weighted by molar-refractivity contribution is 9.10. The number of halogens is 1. The number of urea groups is 1. The van der Waals surface area contributed by atoms with Gasteiger partial charge in [0.2, 0.25) is 5.91 Å². The highest BCUT2D eigenvalue weighted by atomic mass is 79.9.